The number of carboxylic acids is 1. The van der Waals surface area contributed by atoms with E-state index in [4.69, 9.17) is 5.11 Å². The van der Waals surface area contributed by atoms with Crippen molar-refractivity contribution in [3.05, 3.63) is 65.2 Å². The van der Waals surface area contributed by atoms with Gasteiger partial charge in [0.1, 0.15) is 0 Å². The summed E-state index contributed by atoms with van der Waals surface area (Å²) in [6, 6.07) is 14.2. The first kappa shape index (κ1) is 15.8. The van der Waals surface area contributed by atoms with E-state index in [0.717, 1.165) is 11.1 Å². The summed E-state index contributed by atoms with van der Waals surface area (Å²) in [5.41, 5.74) is 1.68. The number of carbonyl (C=O) groups excluding carboxylic acids is 1. The van der Waals surface area contributed by atoms with E-state index in [0.29, 0.717) is 5.69 Å². The average Bonchev–Trinajstić information content (AvgIpc) is 2.50. The van der Waals surface area contributed by atoms with Crippen LogP contribution in [0.4, 0.5) is 5.69 Å². The van der Waals surface area contributed by atoms with Crippen LogP contribution in [-0.4, -0.2) is 17.0 Å². The summed E-state index contributed by atoms with van der Waals surface area (Å²) in [6.45, 7) is 5.51. The van der Waals surface area contributed by atoms with Gasteiger partial charge in [-0.1, -0.05) is 36.4 Å². The molecule has 2 N–H and O–H groups in total. The molecule has 4 nitrogen and oxygen atoms in total. The molecule has 4 heteroatoms. The zero-order valence-electron chi connectivity index (χ0n) is 12.9. The number of aryl methyl sites for hydroxylation is 1. The van der Waals surface area contributed by atoms with Gasteiger partial charge < -0.3 is 10.4 Å². The highest BCUT2D eigenvalue weighted by Gasteiger charge is 2.30. The lowest BCUT2D eigenvalue weighted by atomic mass is 9.83. The van der Waals surface area contributed by atoms with Gasteiger partial charge in [0.2, 0.25) is 5.91 Å². The first-order valence-electron chi connectivity index (χ1n) is 7.03. The van der Waals surface area contributed by atoms with Gasteiger partial charge in [-0.05, 0) is 44.0 Å². The summed E-state index contributed by atoms with van der Waals surface area (Å²) in [6.07, 6.45) is 0. The van der Waals surface area contributed by atoms with Gasteiger partial charge in [0, 0.05) is 5.69 Å². The smallest absolute Gasteiger partial charge is 0.335 e. The van der Waals surface area contributed by atoms with Crippen LogP contribution in [-0.2, 0) is 10.2 Å². The van der Waals surface area contributed by atoms with Gasteiger partial charge in [0.05, 0.1) is 11.0 Å². The Labute approximate surface area is 129 Å². The van der Waals surface area contributed by atoms with Gasteiger partial charge in [-0.15, -0.1) is 0 Å². The molecule has 2 rings (SSSR count). The molecule has 22 heavy (non-hydrogen) atoms. The van der Waals surface area contributed by atoms with Crippen LogP contribution in [0.3, 0.4) is 0 Å². The molecule has 1 amide bonds. The van der Waals surface area contributed by atoms with E-state index < -0.39 is 11.4 Å². The van der Waals surface area contributed by atoms with E-state index in [1.165, 1.54) is 12.1 Å². The normalized spacial score (nSPS) is 11.0. The van der Waals surface area contributed by atoms with Crippen molar-refractivity contribution in [2.45, 2.75) is 26.2 Å². The fourth-order valence-electron chi connectivity index (χ4n) is 2.15. The van der Waals surface area contributed by atoms with E-state index in [-0.39, 0.29) is 11.5 Å². The van der Waals surface area contributed by atoms with Crippen LogP contribution in [0.5, 0.6) is 0 Å². The van der Waals surface area contributed by atoms with Crippen molar-refractivity contribution in [2.75, 3.05) is 5.32 Å². The summed E-state index contributed by atoms with van der Waals surface area (Å²) < 4.78 is 0. The van der Waals surface area contributed by atoms with Gasteiger partial charge in [0.15, 0.2) is 0 Å². The lowest BCUT2D eigenvalue weighted by molar-refractivity contribution is -0.120. The van der Waals surface area contributed by atoms with Gasteiger partial charge in [-0.2, -0.15) is 0 Å². The largest absolute Gasteiger partial charge is 0.478 e. The number of carboxylic acid groups (broad SMARTS) is 1. The number of rotatable bonds is 4. The zero-order valence-corrected chi connectivity index (χ0v) is 12.9. The first-order valence-corrected chi connectivity index (χ1v) is 7.03. The number of benzene rings is 2. The number of carbonyl (C=O) groups is 2. The number of amides is 1. The summed E-state index contributed by atoms with van der Waals surface area (Å²) >= 11 is 0. The fourth-order valence-corrected chi connectivity index (χ4v) is 2.15. The van der Waals surface area contributed by atoms with E-state index in [1.54, 1.807) is 6.07 Å². The second kappa shape index (κ2) is 6.02. The molecule has 0 aliphatic heterocycles. The molecule has 2 aromatic carbocycles. The second-order valence-electron chi connectivity index (χ2n) is 5.78. The Morgan fingerprint density at radius 2 is 1.68 bits per heavy atom. The summed E-state index contributed by atoms with van der Waals surface area (Å²) in [7, 11) is 0. The van der Waals surface area contributed by atoms with Crippen LogP contribution in [0.2, 0.25) is 0 Å². The van der Waals surface area contributed by atoms with E-state index >= 15 is 0 Å². The third-order valence-electron chi connectivity index (χ3n) is 3.80. The van der Waals surface area contributed by atoms with Gasteiger partial charge >= 0.3 is 5.97 Å². The van der Waals surface area contributed by atoms with Gasteiger partial charge in [-0.3, -0.25) is 4.79 Å². The van der Waals surface area contributed by atoms with Crippen molar-refractivity contribution in [3.8, 4) is 0 Å². The van der Waals surface area contributed by atoms with E-state index in [2.05, 4.69) is 5.32 Å². The Balaban J connectivity index is 2.29. The van der Waals surface area contributed by atoms with Gasteiger partial charge in [-0.25, -0.2) is 4.79 Å². The maximum absolute atomic E-state index is 12.6. The van der Waals surface area contributed by atoms with E-state index in [1.807, 2.05) is 51.1 Å². The highest BCUT2D eigenvalue weighted by molar-refractivity contribution is 6.00. The lowest BCUT2D eigenvalue weighted by Crippen LogP contribution is -2.34. The number of hydrogen-bond acceptors (Lipinski definition) is 2. The standard InChI is InChI=1S/C18H19NO3/c1-12-9-10-13(16(20)21)11-15(12)19-17(22)18(2,3)14-7-5-4-6-8-14/h4-11H,1-3H3,(H,19,22)(H,20,21). The van der Waals surface area contributed by atoms with Crippen LogP contribution in [0.15, 0.2) is 48.5 Å². The maximum atomic E-state index is 12.6. The molecule has 0 aliphatic carbocycles. The maximum Gasteiger partial charge on any atom is 0.335 e. The molecule has 0 saturated heterocycles. The van der Waals surface area contributed by atoms with Crippen molar-refractivity contribution in [1.29, 1.82) is 0 Å². The Kier molecular flexibility index (Phi) is 4.31. The highest BCUT2D eigenvalue weighted by atomic mass is 16.4. The number of hydrogen-bond donors (Lipinski definition) is 2. The molecule has 0 saturated carbocycles. The average molecular weight is 297 g/mol. The molecule has 0 aliphatic rings. The molecular formula is C18H19NO3. The Morgan fingerprint density at radius 3 is 2.27 bits per heavy atom. The Bertz CT molecular complexity index is 706. The molecular weight excluding hydrogens is 278 g/mol. The monoisotopic (exact) mass is 297 g/mol. The minimum atomic E-state index is -1.02. The SMILES string of the molecule is Cc1ccc(C(=O)O)cc1NC(=O)C(C)(C)c1ccccc1. The molecule has 0 spiro atoms. The molecule has 0 atom stereocenters. The minimum absolute atomic E-state index is 0.151. The first-order chi connectivity index (χ1) is 10.3. The zero-order chi connectivity index (χ0) is 16.3. The number of anilines is 1. The molecule has 0 bridgehead atoms. The van der Waals surface area contributed by atoms with Crippen molar-refractivity contribution in [1.82, 2.24) is 0 Å². The van der Waals surface area contributed by atoms with E-state index in [9.17, 15) is 9.59 Å². The molecule has 0 heterocycles. The minimum Gasteiger partial charge on any atom is -0.478 e. The molecule has 0 unspecified atom stereocenters. The van der Waals surface area contributed by atoms with Crippen molar-refractivity contribution < 1.29 is 14.7 Å². The van der Waals surface area contributed by atoms with Crippen molar-refractivity contribution >= 4 is 17.6 Å². The highest BCUT2D eigenvalue weighted by Crippen LogP contribution is 2.26. The third kappa shape index (κ3) is 3.17. The predicted molar refractivity (Wildman–Crippen MR) is 86.2 cm³/mol. The Hall–Kier alpha value is -2.62. The third-order valence-corrected chi connectivity index (χ3v) is 3.80. The van der Waals surface area contributed by atoms with Crippen molar-refractivity contribution in [3.63, 3.8) is 0 Å². The lowest BCUT2D eigenvalue weighted by Gasteiger charge is -2.24. The molecule has 2 aromatic rings. The molecule has 0 radical (unpaired) electrons. The Morgan fingerprint density at radius 1 is 1.05 bits per heavy atom. The molecule has 0 aromatic heterocycles. The van der Waals surface area contributed by atoms with Crippen molar-refractivity contribution in [2.24, 2.45) is 0 Å². The number of nitrogens with one attached hydrogen (secondary N) is 1. The molecule has 114 valence electrons. The number of aromatic carboxylic acids is 1. The van der Waals surface area contributed by atoms with Crippen LogP contribution >= 0.6 is 0 Å². The second-order valence-corrected chi connectivity index (χ2v) is 5.78. The van der Waals surface area contributed by atoms with Crippen LogP contribution in [0.25, 0.3) is 0 Å². The molecule has 0 fully saturated rings. The summed E-state index contributed by atoms with van der Waals surface area (Å²) in [5, 5.41) is 11.9. The van der Waals surface area contributed by atoms with Gasteiger partial charge in [0.25, 0.3) is 0 Å². The van der Waals surface area contributed by atoms with Crippen LogP contribution in [0.1, 0.15) is 35.3 Å². The summed E-state index contributed by atoms with van der Waals surface area (Å²) in [5.74, 6) is -1.19. The van der Waals surface area contributed by atoms with Crippen LogP contribution in [0, 0.1) is 6.92 Å². The predicted octanol–water partition coefficient (Wildman–Crippen LogP) is 3.61. The fraction of sp³-hybridized carbons (Fsp3) is 0.222. The van der Waals surface area contributed by atoms with Crippen LogP contribution < -0.4 is 5.32 Å². The quantitative estimate of drug-likeness (QED) is 0.906. The summed E-state index contributed by atoms with van der Waals surface area (Å²) in [4.78, 5) is 23.7. The topological polar surface area (TPSA) is 66.4 Å².